The number of carbonyl (C=O) groups excluding carboxylic acids is 1. The van der Waals surface area contributed by atoms with Gasteiger partial charge in [-0.25, -0.2) is 4.98 Å². The summed E-state index contributed by atoms with van der Waals surface area (Å²) in [5.41, 5.74) is -2.66. The molecule has 0 N–H and O–H groups in total. The number of hydrogen-bond donors (Lipinski definition) is 0. The summed E-state index contributed by atoms with van der Waals surface area (Å²) in [5, 5.41) is 13.3. The molecule has 2 fully saturated rings. The normalized spacial score (nSPS) is 17.3. The van der Waals surface area contributed by atoms with Crippen LogP contribution in [0.15, 0.2) is 41.8 Å². The lowest BCUT2D eigenvalue weighted by atomic mass is 10.1. The van der Waals surface area contributed by atoms with Crippen LogP contribution in [-0.2, 0) is 11.0 Å². The highest BCUT2D eigenvalue weighted by Gasteiger charge is 2.38. The van der Waals surface area contributed by atoms with E-state index in [1.54, 1.807) is 4.90 Å². The van der Waals surface area contributed by atoms with Crippen molar-refractivity contribution in [1.29, 1.82) is 5.26 Å². The van der Waals surface area contributed by atoms with Crippen molar-refractivity contribution in [2.24, 2.45) is 0 Å². The fourth-order valence-electron chi connectivity index (χ4n) is 6.16. The molecule has 1 aromatic carbocycles. The Labute approximate surface area is 269 Å². The van der Waals surface area contributed by atoms with Gasteiger partial charge in [0.1, 0.15) is 11.3 Å². The maximum Gasteiger partial charge on any atom is 0.419 e. The number of piperazine rings is 1. The van der Waals surface area contributed by atoms with Crippen molar-refractivity contribution in [1.82, 2.24) is 29.5 Å². The molecule has 3 aromatic rings. The second kappa shape index (κ2) is 13.6. The van der Waals surface area contributed by atoms with Gasteiger partial charge in [-0.1, -0.05) is 38.1 Å². The molecule has 4 heterocycles. The van der Waals surface area contributed by atoms with E-state index in [0.29, 0.717) is 30.1 Å². The topological polar surface area (TPSA) is 114 Å². The van der Waals surface area contributed by atoms with Crippen LogP contribution >= 0.6 is 11.6 Å². The molecule has 2 aliphatic rings. The second-order valence-electron chi connectivity index (χ2n) is 11.4. The minimum absolute atomic E-state index is 0.0600. The summed E-state index contributed by atoms with van der Waals surface area (Å²) in [6, 6.07) is 5.48. The fourth-order valence-corrected chi connectivity index (χ4v) is 6.43. The molecule has 1 atom stereocenters. The Kier molecular flexibility index (Phi) is 9.83. The summed E-state index contributed by atoms with van der Waals surface area (Å²) in [7, 11) is 0. The van der Waals surface area contributed by atoms with Gasteiger partial charge in [-0.15, -0.1) is 0 Å². The molecule has 0 radical (unpaired) electrons. The van der Waals surface area contributed by atoms with Gasteiger partial charge >= 0.3 is 6.18 Å². The SMILES string of the molecule is C=CC(=O)N1CCN(c2nc(N3CC(N(CCC)CCC)C3)nc3c(=O)n(-c4cccc(Cl)c4C(F)(F)F)ncc23)CC1CC#N. The summed E-state index contributed by atoms with van der Waals surface area (Å²) in [6.07, 6.45) is -0.290. The quantitative estimate of drug-likeness (QED) is 0.295. The number of anilines is 2. The third-order valence-electron chi connectivity index (χ3n) is 8.36. The Bertz CT molecular complexity index is 1710. The first kappa shape index (κ1) is 33.2. The van der Waals surface area contributed by atoms with Crippen molar-refractivity contribution in [2.75, 3.05) is 55.6 Å². The van der Waals surface area contributed by atoms with Gasteiger partial charge in [0.15, 0.2) is 0 Å². The van der Waals surface area contributed by atoms with Crippen molar-refractivity contribution in [3.05, 3.63) is 58.0 Å². The third-order valence-corrected chi connectivity index (χ3v) is 8.68. The third kappa shape index (κ3) is 6.39. The molecule has 1 amide bonds. The van der Waals surface area contributed by atoms with Crippen molar-refractivity contribution >= 4 is 40.2 Å². The molecular weight excluding hydrogens is 623 g/mol. The van der Waals surface area contributed by atoms with Crippen LogP contribution in [0.5, 0.6) is 0 Å². The van der Waals surface area contributed by atoms with E-state index >= 15 is 0 Å². The molecule has 0 aliphatic carbocycles. The van der Waals surface area contributed by atoms with E-state index in [9.17, 15) is 28.0 Å². The van der Waals surface area contributed by atoms with Gasteiger partial charge in [-0.2, -0.15) is 33.2 Å². The van der Waals surface area contributed by atoms with E-state index in [4.69, 9.17) is 16.6 Å². The van der Waals surface area contributed by atoms with E-state index in [-0.39, 0.29) is 48.3 Å². The number of nitrogens with zero attached hydrogens (tertiary/aromatic N) is 9. The highest BCUT2D eigenvalue weighted by atomic mass is 35.5. The predicted molar refractivity (Wildman–Crippen MR) is 169 cm³/mol. The van der Waals surface area contributed by atoms with E-state index in [2.05, 4.69) is 41.5 Å². The van der Waals surface area contributed by atoms with Crippen molar-refractivity contribution in [2.45, 2.75) is 51.4 Å². The molecule has 0 bridgehead atoms. The number of aromatic nitrogens is 4. The first-order valence-corrected chi connectivity index (χ1v) is 15.6. The summed E-state index contributed by atoms with van der Waals surface area (Å²) in [4.78, 5) is 43.8. The predicted octanol–water partition coefficient (Wildman–Crippen LogP) is 4.28. The zero-order valence-electron chi connectivity index (χ0n) is 25.7. The van der Waals surface area contributed by atoms with Crippen LogP contribution < -0.4 is 15.4 Å². The highest BCUT2D eigenvalue weighted by molar-refractivity contribution is 6.31. The van der Waals surface area contributed by atoms with E-state index in [0.717, 1.165) is 38.1 Å². The smallest absolute Gasteiger partial charge is 0.352 e. The van der Waals surface area contributed by atoms with Crippen molar-refractivity contribution in [3.8, 4) is 11.8 Å². The summed E-state index contributed by atoms with van der Waals surface area (Å²) < 4.78 is 42.9. The molecule has 0 saturated carbocycles. The maximum atomic E-state index is 14.1. The first-order valence-electron chi connectivity index (χ1n) is 15.2. The Morgan fingerprint density at radius 1 is 1.15 bits per heavy atom. The summed E-state index contributed by atoms with van der Waals surface area (Å²) >= 11 is 5.96. The second-order valence-corrected chi connectivity index (χ2v) is 11.8. The molecule has 2 aromatic heterocycles. The minimum atomic E-state index is -4.85. The van der Waals surface area contributed by atoms with E-state index in [1.807, 2.05) is 9.80 Å². The average Bonchev–Trinajstić information content (AvgIpc) is 2.99. The van der Waals surface area contributed by atoms with Gasteiger partial charge in [0.05, 0.1) is 46.4 Å². The molecule has 15 heteroatoms. The van der Waals surface area contributed by atoms with Crippen LogP contribution in [0.1, 0.15) is 38.7 Å². The van der Waals surface area contributed by atoms with Gasteiger partial charge in [0.2, 0.25) is 11.9 Å². The number of halogens is 4. The van der Waals surface area contributed by atoms with Gasteiger partial charge < -0.3 is 14.7 Å². The number of benzene rings is 1. The number of carbonyl (C=O) groups is 1. The van der Waals surface area contributed by atoms with E-state index in [1.165, 1.54) is 18.3 Å². The van der Waals surface area contributed by atoms with Gasteiger partial charge in [0.25, 0.3) is 5.56 Å². The van der Waals surface area contributed by atoms with Crippen LogP contribution in [0.3, 0.4) is 0 Å². The molecule has 2 saturated heterocycles. The number of rotatable bonds is 10. The van der Waals surface area contributed by atoms with Gasteiger partial charge in [0, 0.05) is 38.8 Å². The van der Waals surface area contributed by atoms with Crippen LogP contribution in [0.4, 0.5) is 24.9 Å². The zero-order valence-corrected chi connectivity index (χ0v) is 26.4. The molecule has 5 rings (SSSR count). The van der Waals surface area contributed by atoms with Crippen LogP contribution in [-0.4, -0.2) is 93.4 Å². The lowest BCUT2D eigenvalue weighted by molar-refractivity contribution is -0.137. The molecule has 1 unspecified atom stereocenters. The summed E-state index contributed by atoms with van der Waals surface area (Å²) in [5.74, 6) is 0.329. The number of fused-ring (bicyclic) bond motifs is 1. The number of nitriles is 1. The Morgan fingerprint density at radius 2 is 1.87 bits per heavy atom. The lowest BCUT2D eigenvalue weighted by Gasteiger charge is -2.46. The Balaban J connectivity index is 1.62. The standard InChI is InChI=1S/C31H35ClF3N9O2/c1-4-12-40(13-5-2)21-18-42(19-21)30-38-27-22(28(39-30)41-14-15-43(25(45)6-3)20(17-41)10-11-36)16-37-44(29(27)46)24-9-7-8-23(32)26(24)31(33,34)35/h6-9,16,20-21H,3-5,10,12-15,17-19H2,1-2H3. The van der Waals surface area contributed by atoms with Crippen LogP contribution in [0.25, 0.3) is 16.6 Å². The minimum Gasteiger partial charge on any atom is -0.352 e. The fraction of sp³-hybridized carbons (Fsp3) is 0.484. The molecule has 0 spiro atoms. The largest absolute Gasteiger partial charge is 0.419 e. The Morgan fingerprint density at radius 3 is 2.50 bits per heavy atom. The highest BCUT2D eigenvalue weighted by Crippen LogP contribution is 2.38. The number of hydrogen-bond acceptors (Lipinski definition) is 9. The van der Waals surface area contributed by atoms with Gasteiger partial charge in [-0.3, -0.25) is 14.5 Å². The first-order chi connectivity index (χ1) is 22.0. The van der Waals surface area contributed by atoms with Crippen LogP contribution in [0.2, 0.25) is 5.02 Å². The molecular formula is C31H35ClF3N9O2. The molecule has 2 aliphatic heterocycles. The Hall–Kier alpha value is -4.22. The lowest BCUT2D eigenvalue weighted by Crippen LogP contribution is -2.60. The maximum absolute atomic E-state index is 14.1. The molecule has 46 heavy (non-hydrogen) atoms. The van der Waals surface area contributed by atoms with Crippen molar-refractivity contribution in [3.63, 3.8) is 0 Å². The molecule has 11 nitrogen and oxygen atoms in total. The van der Waals surface area contributed by atoms with E-state index < -0.39 is 34.1 Å². The number of alkyl halides is 3. The average molecular weight is 658 g/mol. The van der Waals surface area contributed by atoms with Crippen molar-refractivity contribution < 1.29 is 18.0 Å². The van der Waals surface area contributed by atoms with Gasteiger partial charge in [-0.05, 0) is 44.1 Å². The van der Waals surface area contributed by atoms with Crippen LogP contribution in [0, 0.1) is 11.3 Å². The monoisotopic (exact) mass is 657 g/mol. The molecule has 244 valence electrons. The zero-order chi connectivity index (χ0) is 33.2. The number of amides is 1. The summed E-state index contributed by atoms with van der Waals surface area (Å²) in [6.45, 7) is 11.8.